The third-order valence-electron chi connectivity index (χ3n) is 8.40. The number of benzene rings is 2. The molecule has 8 nitrogen and oxygen atoms in total. The van der Waals surface area contributed by atoms with Crippen molar-refractivity contribution in [2.75, 3.05) is 23.7 Å². The number of anilines is 1. The molecule has 6 rings (SSSR count). The van der Waals surface area contributed by atoms with Gasteiger partial charge in [0.1, 0.15) is 11.4 Å². The summed E-state index contributed by atoms with van der Waals surface area (Å²) in [7, 11) is -0.689. The van der Waals surface area contributed by atoms with E-state index < -0.39 is 35.5 Å². The number of aliphatic imine (C=N–C) groups is 1. The summed E-state index contributed by atoms with van der Waals surface area (Å²) in [4.78, 5) is 28.3. The topological polar surface area (TPSA) is 88.9 Å². The first kappa shape index (κ1) is 27.8. The zero-order valence-electron chi connectivity index (χ0n) is 23.2. The molecule has 41 heavy (non-hydrogen) atoms. The highest BCUT2D eigenvalue weighted by atomic mass is 32.2. The number of hydrogen-bond acceptors (Lipinski definition) is 8. The third kappa shape index (κ3) is 5.02. The van der Waals surface area contributed by atoms with Gasteiger partial charge >= 0.3 is 7.12 Å². The van der Waals surface area contributed by atoms with E-state index in [0.717, 1.165) is 12.4 Å². The molecule has 1 amide bonds. The molecule has 1 aromatic heterocycles. The van der Waals surface area contributed by atoms with Gasteiger partial charge in [0.25, 0.3) is 5.91 Å². The van der Waals surface area contributed by atoms with E-state index in [2.05, 4.69) is 15.3 Å². The Morgan fingerprint density at radius 3 is 2.41 bits per heavy atom. The molecule has 0 bridgehead atoms. The van der Waals surface area contributed by atoms with E-state index in [9.17, 15) is 9.18 Å². The van der Waals surface area contributed by atoms with Gasteiger partial charge in [-0.05, 0) is 51.4 Å². The van der Waals surface area contributed by atoms with Gasteiger partial charge < -0.3 is 19.5 Å². The second-order valence-electron chi connectivity index (χ2n) is 11.6. The maximum Gasteiger partial charge on any atom is 0.494 e. The van der Waals surface area contributed by atoms with E-state index in [1.807, 2.05) is 38.7 Å². The summed E-state index contributed by atoms with van der Waals surface area (Å²) in [6.45, 7) is 8.57. The van der Waals surface area contributed by atoms with Crippen LogP contribution in [0.2, 0.25) is 0 Å². The van der Waals surface area contributed by atoms with Gasteiger partial charge in [-0.1, -0.05) is 42.1 Å². The molecule has 0 aliphatic carbocycles. The number of carbonyl (C=O) groups excluding carboxylic acids is 1. The van der Waals surface area contributed by atoms with Crippen LogP contribution in [0.4, 0.5) is 14.7 Å². The molecule has 3 aromatic rings. The predicted octanol–water partition coefficient (Wildman–Crippen LogP) is 3.92. The first-order chi connectivity index (χ1) is 19.5. The van der Waals surface area contributed by atoms with E-state index in [0.29, 0.717) is 40.0 Å². The number of hydrogen-bond donors (Lipinski definition) is 1. The molecular weight excluding hydrogens is 547 g/mol. The minimum atomic E-state index is -1.08. The fourth-order valence-electron chi connectivity index (χ4n) is 5.42. The summed E-state index contributed by atoms with van der Waals surface area (Å²) < 4.78 is 42.0. The van der Waals surface area contributed by atoms with E-state index in [-0.39, 0.29) is 18.4 Å². The molecule has 3 aliphatic rings. The largest absolute Gasteiger partial charge is 0.494 e. The van der Waals surface area contributed by atoms with Crippen molar-refractivity contribution in [1.82, 2.24) is 15.3 Å². The molecule has 2 saturated heterocycles. The number of fused-ring (bicyclic) bond motifs is 1. The van der Waals surface area contributed by atoms with Gasteiger partial charge in [0.05, 0.1) is 30.1 Å². The van der Waals surface area contributed by atoms with Crippen LogP contribution in [0.5, 0.6) is 0 Å². The zero-order valence-corrected chi connectivity index (χ0v) is 24.0. The molecule has 3 aliphatic heterocycles. The molecule has 12 heteroatoms. The summed E-state index contributed by atoms with van der Waals surface area (Å²) >= 11 is 1.41. The molecule has 2 fully saturated rings. The maximum atomic E-state index is 15.9. The molecule has 0 radical (unpaired) electrons. The Balaban J connectivity index is 1.41. The van der Waals surface area contributed by atoms with Crippen LogP contribution in [0.1, 0.15) is 43.6 Å². The SMILES string of the molecule is CC1(C)OB(c2ccc(F)c([C@]34CN(c5ncc(F)cn5)C[C@H]3CSC(NC(=O)c3ccccc3)=N4)c2)OC1(C)C. The predicted molar refractivity (Wildman–Crippen MR) is 155 cm³/mol. The number of aromatic nitrogens is 2. The first-order valence-electron chi connectivity index (χ1n) is 13.4. The van der Waals surface area contributed by atoms with E-state index in [1.54, 1.807) is 36.4 Å². The monoisotopic (exact) mass is 577 g/mol. The smallest absolute Gasteiger partial charge is 0.399 e. The van der Waals surface area contributed by atoms with Crippen molar-refractivity contribution in [2.45, 2.75) is 44.4 Å². The van der Waals surface area contributed by atoms with Crippen molar-refractivity contribution < 1.29 is 22.9 Å². The fourth-order valence-corrected chi connectivity index (χ4v) is 6.55. The van der Waals surface area contributed by atoms with E-state index in [4.69, 9.17) is 14.3 Å². The molecule has 4 heterocycles. The first-order valence-corrected chi connectivity index (χ1v) is 14.4. The lowest BCUT2D eigenvalue weighted by molar-refractivity contribution is 0.00578. The molecule has 212 valence electrons. The fraction of sp³-hybridized carbons (Fsp3) is 0.379. The minimum absolute atomic E-state index is 0.151. The lowest BCUT2D eigenvalue weighted by Gasteiger charge is -2.36. The molecule has 2 atom stereocenters. The Morgan fingerprint density at radius 1 is 1.05 bits per heavy atom. The van der Waals surface area contributed by atoms with Crippen LogP contribution in [0.15, 0.2) is 65.9 Å². The van der Waals surface area contributed by atoms with Crippen molar-refractivity contribution in [3.05, 3.63) is 83.7 Å². The highest BCUT2D eigenvalue weighted by molar-refractivity contribution is 8.13. The number of nitrogens with one attached hydrogen (secondary N) is 1. The molecule has 0 unspecified atom stereocenters. The average Bonchev–Trinajstić information content (AvgIpc) is 3.43. The summed E-state index contributed by atoms with van der Waals surface area (Å²) in [6, 6.07) is 13.7. The van der Waals surface area contributed by atoms with E-state index in [1.165, 1.54) is 17.8 Å². The minimum Gasteiger partial charge on any atom is -0.399 e. The number of amides is 1. The van der Waals surface area contributed by atoms with Crippen LogP contribution in [0, 0.1) is 17.6 Å². The van der Waals surface area contributed by atoms with Gasteiger partial charge in [-0.15, -0.1) is 0 Å². The Bertz CT molecular complexity index is 1490. The summed E-state index contributed by atoms with van der Waals surface area (Å²) in [5.74, 6) is -0.527. The summed E-state index contributed by atoms with van der Waals surface area (Å²) in [5, 5.41) is 3.32. The Labute approximate surface area is 242 Å². The van der Waals surface area contributed by atoms with E-state index >= 15 is 4.39 Å². The van der Waals surface area contributed by atoms with Crippen LogP contribution in [0.3, 0.4) is 0 Å². The average molecular weight is 577 g/mol. The lowest BCUT2D eigenvalue weighted by atomic mass is 9.74. The van der Waals surface area contributed by atoms with Crippen LogP contribution >= 0.6 is 11.8 Å². The molecular formula is C29H30BF2N5O3S. The van der Waals surface area contributed by atoms with Gasteiger partial charge in [-0.2, -0.15) is 0 Å². The molecule has 2 aromatic carbocycles. The Hall–Kier alpha value is -3.35. The van der Waals surface area contributed by atoms with Gasteiger partial charge in [0.2, 0.25) is 5.95 Å². The van der Waals surface area contributed by atoms with Gasteiger partial charge in [0, 0.05) is 29.3 Å². The maximum absolute atomic E-state index is 15.9. The van der Waals surface area contributed by atoms with Crippen LogP contribution in [0.25, 0.3) is 0 Å². The third-order valence-corrected chi connectivity index (χ3v) is 9.43. The van der Waals surface area contributed by atoms with Crippen molar-refractivity contribution in [1.29, 1.82) is 0 Å². The standard InChI is InChI=1S/C29H30BF2N5O3S/c1-27(2)28(3,4)40-30(39-27)20-10-11-23(32)22(12-20)29-17-37(25-33-13-21(31)14-34-25)15-19(29)16-41-26(36-29)35-24(38)18-8-6-5-7-9-18/h5-14,19H,15-17H2,1-4H3,(H,35,36,38)/t19-,29-/m0/s1. The van der Waals surface area contributed by atoms with Gasteiger partial charge in [-0.3, -0.25) is 4.79 Å². The van der Waals surface area contributed by atoms with Gasteiger partial charge in [0.15, 0.2) is 11.0 Å². The molecule has 1 N–H and O–H groups in total. The highest BCUT2D eigenvalue weighted by Crippen LogP contribution is 2.47. The van der Waals surface area contributed by atoms with Crippen molar-refractivity contribution in [2.24, 2.45) is 10.9 Å². The Kier molecular flexibility index (Phi) is 6.90. The number of amidine groups is 1. The van der Waals surface area contributed by atoms with Crippen LogP contribution in [-0.2, 0) is 14.8 Å². The van der Waals surface area contributed by atoms with Crippen molar-refractivity contribution >= 4 is 41.4 Å². The van der Waals surface area contributed by atoms with Crippen LogP contribution < -0.4 is 15.7 Å². The second-order valence-corrected chi connectivity index (χ2v) is 12.6. The number of rotatable bonds is 4. The Morgan fingerprint density at radius 2 is 1.73 bits per heavy atom. The summed E-state index contributed by atoms with van der Waals surface area (Å²) in [5.41, 5.74) is -0.670. The van der Waals surface area contributed by atoms with Crippen LogP contribution in [-0.4, -0.2) is 58.2 Å². The number of halogens is 2. The number of nitrogens with zero attached hydrogens (tertiary/aromatic N) is 4. The van der Waals surface area contributed by atoms with Gasteiger partial charge in [-0.25, -0.2) is 23.7 Å². The zero-order chi connectivity index (χ0) is 29.0. The highest BCUT2D eigenvalue weighted by Gasteiger charge is 2.54. The number of thioether (sulfide) groups is 1. The second kappa shape index (κ2) is 10.2. The quantitative estimate of drug-likeness (QED) is 0.471. The normalized spacial score (nSPS) is 24.6. The van der Waals surface area contributed by atoms with Crippen molar-refractivity contribution in [3.63, 3.8) is 0 Å². The number of carbonyl (C=O) groups is 1. The molecule has 0 saturated carbocycles. The summed E-state index contributed by atoms with van der Waals surface area (Å²) in [6.07, 6.45) is 2.22. The molecule has 0 spiro atoms. The lowest BCUT2D eigenvalue weighted by Crippen LogP contribution is -2.44. The van der Waals surface area contributed by atoms with Crippen molar-refractivity contribution in [3.8, 4) is 0 Å².